The molecule has 0 aliphatic carbocycles. The van der Waals surface area contributed by atoms with E-state index < -0.39 is 0 Å². The van der Waals surface area contributed by atoms with Crippen LogP contribution in [0.3, 0.4) is 0 Å². The van der Waals surface area contributed by atoms with Crippen LogP contribution in [0, 0.1) is 0 Å². The molecule has 0 amide bonds. The van der Waals surface area contributed by atoms with Crippen LogP contribution < -0.4 is 0 Å². The summed E-state index contributed by atoms with van der Waals surface area (Å²) in [5.74, 6) is 0.878. The smallest absolute Gasteiger partial charge is 0.175 e. The van der Waals surface area contributed by atoms with Crippen LogP contribution >= 0.6 is 0 Å². The minimum atomic E-state index is -0.198. The van der Waals surface area contributed by atoms with E-state index in [2.05, 4.69) is 101 Å². The monoisotopic (exact) mass is 386 g/mol. The Labute approximate surface area is 170 Å². The second-order valence-corrected chi connectivity index (χ2v) is 8.82. The topological polar surface area (TPSA) is 62.6 Å². The summed E-state index contributed by atoms with van der Waals surface area (Å²) in [6, 6.07) is 19.3. The summed E-state index contributed by atoms with van der Waals surface area (Å²) >= 11 is 0. The first-order chi connectivity index (χ1) is 14.0. The van der Waals surface area contributed by atoms with Crippen LogP contribution in [0.1, 0.15) is 49.5 Å². The van der Waals surface area contributed by atoms with Crippen LogP contribution in [0.15, 0.2) is 54.6 Å². The first-order valence-electron chi connectivity index (χ1n) is 10.2. The van der Waals surface area contributed by atoms with E-state index in [0.717, 1.165) is 36.5 Å². The average Bonchev–Trinajstić information content (AvgIpc) is 3.35. The van der Waals surface area contributed by atoms with Crippen molar-refractivity contribution >= 4 is 10.9 Å². The van der Waals surface area contributed by atoms with Gasteiger partial charge in [-0.1, -0.05) is 42.5 Å². The number of rotatable bonds is 3. The highest BCUT2D eigenvalue weighted by Gasteiger charge is 2.34. The summed E-state index contributed by atoms with van der Waals surface area (Å²) in [5, 5.41) is 14.1. The molecule has 0 saturated heterocycles. The van der Waals surface area contributed by atoms with Crippen molar-refractivity contribution in [2.45, 2.75) is 45.3 Å². The minimum absolute atomic E-state index is 0.0371. The van der Waals surface area contributed by atoms with E-state index >= 15 is 0 Å². The molecule has 148 valence electrons. The Morgan fingerprint density at radius 3 is 2.55 bits per heavy atom. The van der Waals surface area contributed by atoms with Crippen molar-refractivity contribution < 1.29 is 0 Å². The first kappa shape index (κ1) is 18.1. The number of tetrazole rings is 1. The van der Waals surface area contributed by atoms with Gasteiger partial charge < -0.3 is 4.98 Å². The predicted molar refractivity (Wildman–Crippen MR) is 114 cm³/mol. The van der Waals surface area contributed by atoms with Crippen molar-refractivity contribution in [2.75, 3.05) is 6.54 Å². The second kappa shape index (κ2) is 6.81. The molecule has 29 heavy (non-hydrogen) atoms. The van der Waals surface area contributed by atoms with Crippen LogP contribution in [0.2, 0.25) is 0 Å². The molecule has 1 atom stereocenters. The molecule has 1 aliphatic rings. The fourth-order valence-electron chi connectivity index (χ4n) is 4.32. The van der Waals surface area contributed by atoms with Crippen molar-refractivity contribution in [2.24, 2.45) is 0 Å². The van der Waals surface area contributed by atoms with Crippen LogP contribution in [0.4, 0.5) is 0 Å². The largest absolute Gasteiger partial charge is 0.357 e. The highest BCUT2D eigenvalue weighted by molar-refractivity contribution is 5.80. The molecular weight excluding hydrogens is 360 g/mol. The molecule has 1 N–H and O–H groups in total. The number of para-hydroxylation sites is 1. The average molecular weight is 387 g/mol. The highest BCUT2D eigenvalue weighted by Crippen LogP contribution is 2.34. The van der Waals surface area contributed by atoms with Gasteiger partial charge in [-0.05, 0) is 66.3 Å². The Balaban J connectivity index is 1.63. The summed E-state index contributed by atoms with van der Waals surface area (Å²) in [4.78, 5) is 6.12. The van der Waals surface area contributed by atoms with E-state index in [0.29, 0.717) is 0 Å². The van der Waals surface area contributed by atoms with E-state index in [1.165, 1.54) is 16.5 Å². The number of aromatic amines is 1. The van der Waals surface area contributed by atoms with Gasteiger partial charge in [0.2, 0.25) is 0 Å². The molecule has 2 aromatic carbocycles. The molecule has 1 aliphatic heterocycles. The summed E-state index contributed by atoms with van der Waals surface area (Å²) in [6.07, 6.45) is 1.03. The van der Waals surface area contributed by atoms with Gasteiger partial charge in [-0.2, -0.15) is 0 Å². The maximum Gasteiger partial charge on any atom is 0.175 e. The number of hydrogen-bond donors (Lipinski definition) is 1. The molecule has 3 heterocycles. The molecule has 0 radical (unpaired) electrons. The number of nitrogens with zero attached hydrogens (tertiary/aromatic N) is 5. The lowest BCUT2D eigenvalue weighted by atomic mass is 9.97. The Bertz CT molecular complexity index is 1120. The van der Waals surface area contributed by atoms with Crippen LogP contribution in [0.25, 0.3) is 10.9 Å². The SMILES string of the molecule is CC(C)(C)n1nnnc1C(c1cc2ccccc2[nH]1)N1CCc2ccccc2C1. The Morgan fingerprint density at radius 2 is 1.76 bits per heavy atom. The Morgan fingerprint density at radius 1 is 1.00 bits per heavy atom. The lowest BCUT2D eigenvalue weighted by Gasteiger charge is -2.35. The van der Waals surface area contributed by atoms with Crippen molar-refractivity contribution in [1.82, 2.24) is 30.1 Å². The number of benzene rings is 2. The fraction of sp³-hybridized carbons (Fsp3) is 0.348. The molecule has 5 rings (SSSR count). The predicted octanol–water partition coefficient (Wildman–Crippen LogP) is 4.06. The van der Waals surface area contributed by atoms with Crippen LogP contribution in [-0.4, -0.2) is 36.6 Å². The van der Waals surface area contributed by atoms with Gasteiger partial charge in [0.25, 0.3) is 0 Å². The molecule has 0 spiro atoms. The maximum absolute atomic E-state index is 4.50. The van der Waals surface area contributed by atoms with Gasteiger partial charge in [0.1, 0.15) is 6.04 Å². The minimum Gasteiger partial charge on any atom is -0.357 e. The molecule has 0 bridgehead atoms. The number of aromatic nitrogens is 5. The van der Waals surface area contributed by atoms with Crippen molar-refractivity contribution in [1.29, 1.82) is 0 Å². The number of fused-ring (bicyclic) bond motifs is 2. The standard InChI is InChI=1S/C23H26N6/c1-23(2,3)29-22(25-26-27-29)21(20-14-17-9-6-7-11-19(17)24-20)28-13-12-16-8-4-5-10-18(16)15-28/h4-11,14,21,24H,12-13,15H2,1-3H3. The lowest BCUT2D eigenvalue weighted by Crippen LogP contribution is -2.38. The summed E-state index contributed by atoms with van der Waals surface area (Å²) in [5.41, 5.74) is 4.89. The quantitative estimate of drug-likeness (QED) is 0.577. The third-order valence-electron chi connectivity index (χ3n) is 5.74. The normalized spacial score (nSPS) is 16.1. The molecule has 1 unspecified atom stereocenters. The zero-order valence-corrected chi connectivity index (χ0v) is 17.1. The molecule has 0 fully saturated rings. The summed E-state index contributed by atoms with van der Waals surface area (Å²) in [7, 11) is 0. The number of H-pyrrole nitrogens is 1. The van der Waals surface area contributed by atoms with Crippen molar-refractivity contribution in [3.05, 3.63) is 77.2 Å². The van der Waals surface area contributed by atoms with Gasteiger partial charge in [-0.15, -0.1) is 5.10 Å². The maximum atomic E-state index is 4.50. The van der Waals surface area contributed by atoms with Gasteiger partial charge in [0.15, 0.2) is 5.82 Å². The zero-order chi connectivity index (χ0) is 20.0. The molecule has 6 nitrogen and oxygen atoms in total. The first-order valence-corrected chi connectivity index (χ1v) is 10.2. The fourth-order valence-corrected chi connectivity index (χ4v) is 4.32. The number of nitrogens with one attached hydrogen (secondary N) is 1. The van der Waals surface area contributed by atoms with Crippen LogP contribution in [0.5, 0.6) is 0 Å². The van der Waals surface area contributed by atoms with E-state index in [1.807, 2.05) is 4.68 Å². The molecular formula is C23H26N6. The zero-order valence-electron chi connectivity index (χ0n) is 17.1. The van der Waals surface area contributed by atoms with Crippen molar-refractivity contribution in [3.8, 4) is 0 Å². The van der Waals surface area contributed by atoms with E-state index in [1.54, 1.807) is 0 Å². The van der Waals surface area contributed by atoms with Gasteiger partial charge in [0, 0.05) is 24.3 Å². The Kier molecular flexibility index (Phi) is 4.24. The lowest BCUT2D eigenvalue weighted by molar-refractivity contribution is 0.183. The van der Waals surface area contributed by atoms with E-state index in [9.17, 15) is 0 Å². The Hall–Kier alpha value is -2.99. The highest BCUT2D eigenvalue weighted by atomic mass is 15.6. The van der Waals surface area contributed by atoms with Gasteiger partial charge in [-0.3, -0.25) is 4.90 Å². The summed E-state index contributed by atoms with van der Waals surface area (Å²) < 4.78 is 1.96. The van der Waals surface area contributed by atoms with Crippen LogP contribution in [-0.2, 0) is 18.5 Å². The second-order valence-electron chi connectivity index (χ2n) is 8.82. The van der Waals surface area contributed by atoms with Crippen molar-refractivity contribution in [3.63, 3.8) is 0 Å². The van der Waals surface area contributed by atoms with Gasteiger partial charge in [-0.25, -0.2) is 4.68 Å². The third-order valence-corrected chi connectivity index (χ3v) is 5.74. The molecule has 4 aromatic rings. The molecule has 2 aromatic heterocycles. The van der Waals surface area contributed by atoms with Gasteiger partial charge in [0.05, 0.1) is 5.54 Å². The third kappa shape index (κ3) is 3.23. The summed E-state index contributed by atoms with van der Waals surface area (Å²) in [6.45, 7) is 8.27. The van der Waals surface area contributed by atoms with E-state index in [-0.39, 0.29) is 11.6 Å². The molecule has 6 heteroatoms. The number of hydrogen-bond acceptors (Lipinski definition) is 4. The van der Waals surface area contributed by atoms with Gasteiger partial charge >= 0.3 is 0 Å². The van der Waals surface area contributed by atoms with E-state index in [4.69, 9.17) is 0 Å². The molecule has 0 saturated carbocycles.